The summed E-state index contributed by atoms with van der Waals surface area (Å²) in [5, 5.41) is 8.77. The van der Waals surface area contributed by atoms with Gasteiger partial charge in [0.2, 0.25) is 5.91 Å². The molecular weight excluding hydrogens is 386 g/mol. The van der Waals surface area contributed by atoms with E-state index in [-0.39, 0.29) is 11.8 Å². The first-order valence-corrected chi connectivity index (χ1v) is 11.6. The molecule has 2 aromatic rings. The van der Waals surface area contributed by atoms with Crippen LogP contribution in [0.4, 0.5) is 0 Å². The van der Waals surface area contributed by atoms with E-state index >= 15 is 0 Å². The van der Waals surface area contributed by atoms with E-state index in [9.17, 15) is 9.59 Å². The number of aryl methyl sites for hydroxylation is 1. The average molecular weight is 418 g/mol. The third kappa shape index (κ3) is 4.48. The molecule has 0 atom stereocenters. The largest absolute Gasteiger partial charge is 0.351 e. The molecule has 2 aromatic heterocycles. The zero-order valence-electron chi connectivity index (χ0n) is 17.4. The lowest BCUT2D eigenvalue weighted by atomic mass is 9.96. The van der Waals surface area contributed by atoms with Crippen LogP contribution in [0, 0.1) is 6.92 Å². The van der Waals surface area contributed by atoms with Gasteiger partial charge in [-0.15, -0.1) is 11.3 Å². The summed E-state index contributed by atoms with van der Waals surface area (Å²) in [6.07, 6.45) is 6.52. The standard InChI is InChI=1S/C21H31N5O2S/c1-15-17-14-18(29-21(17)26(23-15)16-6-4-3-5-7-16)20(28)22-9-8-19(27)25-12-10-24(2)11-13-25/h14,16H,3-13H2,1-2H3,(H,22,28). The van der Waals surface area contributed by atoms with Gasteiger partial charge in [0.25, 0.3) is 5.91 Å². The third-order valence-electron chi connectivity index (χ3n) is 6.19. The first kappa shape index (κ1) is 20.3. The molecule has 0 aromatic carbocycles. The van der Waals surface area contributed by atoms with Crippen molar-refractivity contribution in [2.24, 2.45) is 0 Å². The fourth-order valence-corrected chi connectivity index (χ4v) is 5.49. The first-order valence-electron chi connectivity index (χ1n) is 10.8. The van der Waals surface area contributed by atoms with Crippen molar-refractivity contribution in [1.82, 2.24) is 24.9 Å². The zero-order valence-corrected chi connectivity index (χ0v) is 18.3. The van der Waals surface area contributed by atoms with E-state index in [1.165, 1.54) is 43.4 Å². The number of hydrogen-bond acceptors (Lipinski definition) is 5. The van der Waals surface area contributed by atoms with Crippen LogP contribution < -0.4 is 5.32 Å². The number of aromatic nitrogens is 2. The number of carbonyl (C=O) groups excluding carboxylic acids is 2. The molecule has 1 saturated carbocycles. The number of piperazine rings is 1. The van der Waals surface area contributed by atoms with Crippen LogP contribution in [0.15, 0.2) is 6.07 Å². The maximum absolute atomic E-state index is 12.6. The minimum absolute atomic E-state index is 0.0908. The Morgan fingerprint density at radius 2 is 1.90 bits per heavy atom. The molecule has 3 heterocycles. The van der Waals surface area contributed by atoms with Gasteiger partial charge in [-0.05, 0) is 32.9 Å². The van der Waals surface area contributed by atoms with Crippen molar-refractivity contribution in [2.45, 2.75) is 51.5 Å². The molecule has 2 aliphatic rings. The molecule has 0 bridgehead atoms. The van der Waals surface area contributed by atoms with Crippen LogP contribution in [0.1, 0.15) is 59.9 Å². The summed E-state index contributed by atoms with van der Waals surface area (Å²) >= 11 is 1.52. The van der Waals surface area contributed by atoms with Crippen LogP contribution in [0.5, 0.6) is 0 Å². The highest BCUT2D eigenvalue weighted by molar-refractivity contribution is 7.20. The number of nitrogens with one attached hydrogen (secondary N) is 1. The van der Waals surface area contributed by atoms with Crippen molar-refractivity contribution in [2.75, 3.05) is 39.8 Å². The van der Waals surface area contributed by atoms with E-state index in [4.69, 9.17) is 5.10 Å². The number of likely N-dealkylation sites (N-methyl/N-ethyl adjacent to an activating group) is 1. The molecule has 2 fully saturated rings. The fraction of sp³-hybridized carbons (Fsp3) is 0.667. The van der Waals surface area contributed by atoms with Crippen molar-refractivity contribution in [3.63, 3.8) is 0 Å². The smallest absolute Gasteiger partial charge is 0.261 e. The number of thiophene rings is 1. The van der Waals surface area contributed by atoms with E-state index in [1.807, 2.05) is 17.9 Å². The topological polar surface area (TPSA) is 70.5 Å². The predicted octanol–water partition coefficient (Wildman–Crippen LogP) is 2.81. The molecule has 2 amide bonds. The van der Waals surface area contributed by atoms with Gasteiger partial charge in [0, 0.05) is 44.5 Å². The average Bonchev–Trinajstić information content (AvgIpc) is 3.30. The summed E-state index contributed by atoms with van der Waals surface area (Å²) in [7, 11) is 2.07. The second-order valence-corrected chi connectivity index (χ2v) is 9.37. The second-order valence-electron chi connectivity index (χ2n) is 8.34. The SMILES string of the molecule is Cc1nn(C2CCCCC2)c2sc(C(=O)NCCC(=O)N3CCN(C)CC3)cc12. The molecule has 29 heavy (non-hydrogen) atoms. The molecular formula is C21H31N5O2S. The van der Waals surface area contributed by atoms with Gasteiger partial charge in [0.15, 0.2) is 0 Å². The monoisotopic (exact) mass is 417 g/mol. The lowest BCUT2D eigenvalue weighted by Crippen LogP contribution is -2.47. The molecule has 158 valence electrons. The summed E-state index contributed by atoms with van der Waals surface area (Å²) in [6, 6.07) is 2.41. The van der Waals surface area contributed by atoms with E-state index in [1.54, 1.807) is 0 Å². The van der Waals surface area contributed by atoms with E-state index in [0.717, 1.165) is 42.1 Å². The number of amides is 2. The summed E-state index contributed by atoms with van der Waals surface area (Å²) in [5.74, 6) is 0.0329. The van der Waals surface area contributed by atoms with Gasteiger partial charge in [0.05, 0.1) is 16.6 Å². The molecule has 1 aliphatic heterocycles. The Morgan fingerprint density at radius 3 is 2.62 bits per heavy atom. The number of hydrogen-bond donors (Lipinski definition) is 1. The third-order valence-corrected chi connectivity index (χ3v) is 7.32. The second kappa shape index (κ2) is 8.83. The highest BCUT2D eigenvalue weighted by atomic mass is 32.1. The molecule has 0 spiro atoms. The first-order chi connectivity index (χ1) is 14.0. The van der Waals surface area contributed by atoms with Crippen molar-refractivity contribution in [1.29, 1.82) is 0 Å². The lowest BCUT2D eigenvalue weighted by Gasteiger charge is -2.32. The van der Waals surface area contributed by atoms with Crippen molar-refractivity contribution < 1.29 is 9.59 Å². The molecule has 1 saturated heterocycles. The van der Waals surface area contributed by atoms with Gasteiger partial charge < -0.3 is 15.1 Å². The van der Waals surface area contributed by atoms with E-state index in [0.29, 0.717) is 23.9 Å². The van der Waals surface area contributed by atoms with Crippen molar-refractivity contribution in [3.8, 4) is 0 Å². The summed E-state index contributed by atoms with van der Waals surface area (Å²) in [6.45, 7) is 5.78. The van der Waals surface area contributed by atoms with Gasteiger partial charge in [-0.1, -0.05) is 19.3 Å². The lowest BCUT2D eigenvalue weighted by molar-refractivity contribution is -0.132. The molecule has 4 rings (SSSR count). The number of carbonyl (C=O) groups is 2. The van der Waals surface area contributed by atoms with Crippen LogP contribution in [0.2, 0.25) is 0 Å². The van der Waals surface area contributed by atoms with Crippen molar-refractivity contribution >= 4 is 33.4 Å². The Labute approximate surface area is 176 Å². The zero-order chi connectivity index (χ0) is 20.4. The Kier molecular flexibility index (Phi) is 6.20. The molecule has 1 N–H and O–H groups in total. The molecule has 0 radical (unpaired) electrons. The maximum atomic E-state index is 12.6. The van der Waals surface area contributed by atoms with E-state index < -0.39 is 0 Å². The quantitative estimate of drug-likeness (QED) is 0.812. The van der Waals surface area contributed by atoms with Crippen molar-refractivity contribution in [3.05, 3.63) is 16.6 Å². The van der Waals surface area contributed by atoms with Gasteiger partial charge in [-0.25, -0.2) is 0 Å². The summed E-state index contributed by atoms with van der Waals surface area (Å²) in [5.41, 5.74) is 0.992. The van der Waals surface area contributed by atoms with Gasteiger partial charge in [0.1, 0.15) is 4.83 Å². The summed E-state index contributed by atoms with van der Waals surface area (Å²) < 4.78 is 2.15. The normalized spacial score (nSPS) is 19.0. The van der Waals surface area contributed by atoms with Crippen LogP contribution in [0.25, 0.3) is 10.2 Å². The maximum Gasteiger partial charge on any atom is 0.261 e. The molecule has 7 nitrogen and oxygen atoms in total. The van der Waals surface area contributed by atoms with Crippen LogP contribution in [-0.4, -0.2) is 71.2 Å². The molecule has 8 heteroatoms. The van der Waals surface area contributed by atoms with Crippen LogP contribution >= 0.6 is 11.3 Å². The highest BCUT2D eigenvalue weighted by Crippen LogP contribution is 2.35. The number of nitrogens with zero attached hydrogens (tertiary/aromatic N) is 4. The van der Waals surface area contributed by atoms with Crippen LogP contribution in [0.3, 0.4) is 0 Å². The Morgan fingerprint density at radius 1 is 1.17 bits per heavy atom. The number of rotatable bonds is 5. The van der Waals surface area contributed by atoms with Crippen LogP contribution in [-0.2, 0) is 4.79 Å². The van der Waals surface area contributed by atoms with Gasteiger partial charge in [-0.3, -0.25) is 14.3 Å². The molecule has 1 aliphatic carbocycles. The highest BCUT2D eigenvalue weighted by Gasteiger charge is 2.23. The Hall–Kier alpha value is -1.93. The minimum atomic E-state index is -0.0908. The molecule has 0 unspecified atom stereocenters. The predicted molar refractivity (Wildman–Crippen MR) is 115 cm³/mol. The summed E-state index contributed by atoms with van der Waals surface area (Å²) in [4.78, 5) is 30.9. The minimum Gasteiger partial charge on any atom is -0.351 e. The van der Waals surface area contributed by atoms with Gasteiger partial charge >= 0.3 is 0 Å². The fourth-order valence-electron chi connectivity index (χ4n) is 4.34. The van der Waals surface area contributed by atoms with Gasteiger partial charge in [-0.2, -0.15) is 5.10 Å². The Bertz CT molecular complexity index is 875. The Balaban J connectivity index is 1.35. The number of fused-ring (bicyclic) bond motifs is 1. The van der Waals surface area contributed by atoms with E-state index in [2.05, 4.69) is 21.9 Å².